The number of nitrogens with zero attached hydrogens (tertiary/aromatic N) is 1. The molecule has 2 aliphatic heterocycles. The van der Waals surface area contributed by atoms with Crippen molar-refractivity contribution in [2.24, 2.45) is 5.92 Å². The highest BCUT2D eigenvalue weighted by atomic mass is 16.2. The predicted molar refractivity (Wildman–Crippen MR) is 87.9 cm³/mol. The van der Waals surface area contributed by atoms with Crippen LogP contribution in [-0.4, -0.2) is 35.3 Å². The van der Waals surface area contributed by atoms with Crippen LogP contribution >= 0.6 is 0 Å². The topological polar surface area (TPSA) is 49.4 Å². The summed E-state index contributed by atoms with van der Waals surface area (Å²) in [4.78, 5) is 26.4. The van der Waals surface area contributed by atoms with Crippen LogP contribution in [0.15, 0.2) is 23.8 Å². The number of imide groups is 1. The summed E-state index contributed by atoms with van der Waals surface area (Å²) >= 11 is 0. The third-order valence-electron chi connectivity index (χ3n) is 4.52. The van der Waals surface area contributed by atoms with Gasteiger partial charge in [0, 0.05) is 2.85 Å². The summed E-state index contributed by atoms with van der Waals surface area (Å²) in [6.07, 6.45) is 10.1. The van der Waals surface area contributed by atoms with Crippen LogP contribution < -0.4 is 5.32 Å². The van der Waals surface area contributed by atoms with Gasteiger partial charge in [0.15, 0.2) is 0 Å². The van der Waals surface area contributed by atoms with E-state index in [-0.39, 0.29) is 20.6 Å². The molecule has 4 heteroatoms. The van der Waals surface area contributed by atoms with E-state index in [0.717, 1.165) is 37.8 Å². The minimum absolute atomic E-state index is 0. The van der Waals surface area contributed by atoms with E-state index in [1.807, 2.05) is 26.8 Å². The number of carbonyl (C=O) groups is 2. The zero-order chi connectivity index (χ0) is 15.5. The zero-order valence-electron chi connectivity index (χ0n) is 13.3. The van der Waals surface area contributed by atoms with Crippen molar-refractivity contribution in [1.29, 1.82) is 0 Å². The monoisotopic (exact) mass is 294 g/mol. The Bertz CT molecular complexity index is 491. The van der Waals surface area contributed by atoms with Gasteiger partial charge in [0.1, 0.15) is 5.54 Å². The molecule has 1 aliphatic carbocycles. The van der Waals surface area contributed by atoms with Crippen molar-refractivity contribution in [2.45, 2.75) is 52.0 Å². The number of hydrogen-bond acceptors (Lipinski definition) is 3. The largest absolute Gasteiger partial charge is 0.303 e. The normalized spacial score (nSPS) is 31.5. The molecule has 0 bridgehead atoms. The average Bonchev–Trinajstić information content (AvgIpc) is 2.72. The molecule has 2 atom stereocenters. The summed E-state index contributed by atoms with van der Waals surface area (Å²) in [5.74, 6) is -0.233. The SMILES string of the molecule is CC.CC12NCCCC1C(=O)N(CC1=CCCC=C1)C2=O.[HH].[HH]. The van der Waals surface area contributed by atoms with E-state index in [0.29, 0.717) is 6.54 Å². The molecule has 4 nitrogen and oxygen atoms in total. The van der Waals surface area contributed by atoms with Crippen LogP contribution in [0.2, 0.25) is 0 Å². The van der Waals surface area contributed by atoms with Crippen LogP contribution in [0.1, 0.15) is 49.3 Å². The number of carbonyl (C=O) groups excluding carboxylic acids is 2. The molecule has 0 radical (unpaired) electrons. The standard InChI is InChI=1S/C15H20N2O2.C2H6.2H2/c1-15-12(8-5-9-16-15)13(18)17(14(15)19)10-11-6-3-2-4-7-11;1-2;;/h3,6-7,12,16H,2,4-5,8-10H2,1H3;1-2H3;2*1H. The molecule has 0 aromatic rings. The van der Waals surface area contributed by atoms with E-state index in [2.05, 4.69) is 17.5 Å². The van der Waals surface area contributed by atoms with Gasteiger partial charge in [0.2, 0.25) is 11.8 Å². The summed E-state index contributed by atoms with van der Waals surface area (Å²) in [6.45, 7) is 7.13. The lowest BCUT2D eigenvalue weighted by atomic mass is 9.81. The number of allylic oxidation sites excluding steroid dienone is 2. The fourth-order valence-electron chi connectivity index (χ4n) is 3.35. The first kappa shape index (κ1) is 16.0. The van der Waals surface area contributed by atoms with E-state index in [4.69, 9.17) is 0 Å². The summed E-state index contributed by atoms with van der Waals surface area (Å²) in [5, 5.41) is 3.26. The summed E-state index contributed by atoms with van der Waals surface area (Å²) in [7, 11) is 0. The molecule has 3 rings (SSSR count). The minimum atomic E-state index is -0.672. The first-order valence-corrected chi connectivity index (χ1v) is 8.09. The molecule has 2 amide bonds. The van der Waals surface area contributed by atoms with Gasteiger partial charge in [-0.3, -0.25) is 14.5 Å². The summed E-state index contributed by atoms with van der Waals surface area (Å²) in [6, 6.07) is 0. The van der Waals surface area contributed by atoms with Gasteiger partial charge in [-0.05, 0) is 44.7 Å². The molecule has 2 heterocycles. The van der Waals surface area contributed by atoms with Crippen LogP contribution in [0.4, 0.5) is 0 Å². The zero-order valence-corrected chi connectivity index (χ0v) is 13.3. The van der Waals surface area contributed by atoms with E-state index < -0.39 is 5.54 Å². The van der Waals surface area contributed by atoms with Crippen LogP contribution in [0.3, 0.4) is 0 Å². The van der Waals surface area contributed by atoms with Crippen molar-refractivity contribution in [3.63, 3.8) is 0 Å². The summed E-state index contributed by atoms with van der Waals surface area (Å²) < 4.78 is 0. The minimum Gasteiger partial charge on any atom is -0.303 e. The maximum atomic E-state index is 12.5. The van der Waals surface area contributed by atoms with E-state index in [1.165, 1.54) is 4.90 Å². The molecule has 21 heavy (non-hydrogen) atoms. The Morgan fingerprint density at radius 3 is 2.76 bits per heavy atom. The van der Waals surface area contributed by atoms with Crippen LogP contribution in [0.25, 0.3) is 0 Å². The number of likely N-dealkylation sites (tertiary alicyclic amines) is 1. The van der Waals surface area contributed by atoms with Gasteiger partial charge in [-0.15, -0.1) is 0 Å². The highest BCUT2D eigenvalue weighted by Gasteiger charge is 2.56. The quantitative estimate of drug-likeness (QED) is 0.797. The predicted octanol–water partition coefficient (Wildman–Crippen LogP) is 2.91. The van der Waals surface area contributed by atoms with Gasteiger partial charge >= 0.3 is 0 Å². The van der Waals surface area contributed by atoms with Crippen LogP contribution in [0.5, 0.6) is 0 Å². The van der Waals surface area contributed by atoms with E-state index >= 15 is 0 Å². The van der Waals surface area contributed by atoms with Crippen molar-refractivity contribution in [2.75, 3.05) is 13.1 Å². The lowest BCUT2D eigenvalue weighted by Gasteiger charge is -2.32. The maximum Gasteiger partial charge on any atom is 0.250 e. The first-order valence-electron chi connectivity index (χ1n) is 8.09. The van der Waals surface area contributed by atoms with Crippen molar-refractivity contribution >= 4 is 11.8 Å². The molecule has 120 valence electrons. The highest BCUT2D eigenvalue weighted by molar-refractivity contribution is 6.10. The third kappa shape index (κ3) is 2.82. The molecule has 2 fully saturated rings. The molecule has 0 aromatic carbocycles. The molecule has 0 spiro atoms. The molecule has 2 saturated heterocycles. The van der Waals surface area contributed by atoms with Gasteiger partial charge in [-0.2, -0.15) is 0 Å². The second-order valence-electron chi connectivity index (χ2n) is 5.81. The highest BCUT2D eigenvalue weighted by Crippen LogP contribution is 2.36. The van der Waals surface area contributed by atoms with Crippen LogP contribution in [0, 0.1) is 5.92 Å². The Kier molecular flexibility index (Phi) is 4.99. The smallest absolute Gasteiger partial charge is 0.250 e. The summed E-state index contributed by atoms with van der Waals surface area (Å²) in [5.41, 5.74) is 0.407. The Hall–Kier alpha value is -1.42. The van der Waals surface area contributed by atoms with Gasteiger partial charge in [0.25, 0.3) is 0 Å². The fourth-order valence-corrected chi connectivity index (χ4v) is 3.35. The lowest BCUT2D eigenvalue weighted by Crippen LogP contribution is -2.55. The number of rotatable bonds is 2. The van der Waals surface area contributed by atoms with Gasteiger partial charge in [0.05, 0.1) is 12.5 Å². The van der Waals surface area contributed by atoms with E-state index in [9.17, 15) is 9.59 Å². The number of piperidine rings is 1. The molecule has 2 unspecified atom stereocenters. The van der Waals surface area contributed by atoms with Crippen molar-refractivity contribution in [3.8, 4) is 0 Å². The molecule has 3 aliphatic rings. The average molecular weight is 294 g/mol. The molecule has 0 aromatic heterocycles. The Morgan fingerprint density at radius 2 is 2.14 bits per heavy atom. The number of amides is 2. The maximum absolute atomic E-state index is 12.5. The van der Waals surface area contributed by atoms with Crippen LogP contribution in [-0.2, 0) is 9.59 Å². The molecule has 1 N–H and O–H groups in total. The van der Waals surface area contributed by atoms with Gasteiger partial charge < -0.3 is 5.32 Å². The number of nitrogens with one attached hydrogen (secondary N) is 1. The van der Waals surface area contributed by atoms with Crippen molar-refractivity contribution in [1.82, 2.24) is 10.2 Å². The van der Waals surface area contributed by atoms with Crippen molar-refractivity contribution in [3.05, 3.63) is 23.8 Å². The molecule has 0 saturated carbocycles. The van der Waals surface area contributed by atoms with Gasteiger partial charge in [-0.25, -0.2) is 0 Å². The Balaban J connectivity index is 0.00000117. The number of fused-ring (bicyclic) bond motifs is 1. The second kappa shape index (κ2) is 6.56. The first-order chi connectivity index (χ1) is 10.1. The molecular weight excluding hydrogens is 264 g/mol. The van der Waals surface area contributed by atoms with E-state index in [1.54, 1.807) is 0 Å². The molecular formula is C17H30N2O2. The second-order valence-corrected chi connectivity index (χ2v) is 5.81. The number of hydrogen-bond donors (Lipinski definition) is 1. The third-order valence-corrected chi connectivity index (χ3v) is 4.52. The fraction of sp³-hybridized carbons (Fsp3) is 0.647. The van der Waals surface area contributed by atoms with Gasteiger partial charge in [-0.1, -0.05) is 32.1 Å². The van der Waals surface area contributed by atoms with Crippen molar-refractivity contribution < 1.29 is 12.4 Å². The lowest BCUT2D eigenvalue weighted by molar-refractivity contribution is -0.139. The Labute approximate surface area is 130 Å². The Morgan fingerprint density at radius 1 is 1.38 bits per heavy atom.